The van der Waals surface area contributed by atoms with Crippen molar-refractivity contribution in [1.82, 2.24) is 14.9 Å². The highest BCUT2D eigenvalue weighted by atomic mass is 32.1. The number of hydrogen-bond acceptors (Lipinski definition) is 5. The molecule has 3 heterocycles. The van der Waals surface area contributed by atoms with Crippen molar-refractivity contribution in [3.05, 3.63) is 40.7 Å². The van der Waals surface area contributed by atoms with Gasteiger partial charge in [-0.05, 0) is 38.8 Å². The van der Waals surface area contributed by atoms with Crippen LogP contribution in [0.2, 0.25) is 0 Å². The van der Waals surface area contributed by atoms with E-state index in [1.807, 2.05) is 36.9 Å². The van der Waals surface area contributed by atoms with Crippen molar-refractivity contribution in [3.8, 4) is 0 Å². The van der Waals surface area contributed by atoms with Gasteiger partial charge in [0.15, 0.2) is 5.13 Å². The molecule has 0 radical (unpaired) electrons. The minimum absolute atomic E-state index is 0.0762. The highest BCUT2D eigenvalue weighted by Gasteiger charge is 2.33. The number of carbonyl (C=O) groups excluding carboxylic acids is 1. The van der Waals surface area contributed by atoms with Crippen molar-refractivity contribution in [2.24, 2.45) is 0 Å². The van der Waals surface area contributed by atoms with Crippen molar-refractivity contribution in [3.63, 3.8) is 0 Å². The molecule has 2 aromatic heterocycles. The van der Waals surface area contributed by atoms with Gasteiger partial charge in [0, 0.05) is 19.3 Å². The van der Waals surface area contributed by atoms with Gasteiger partial charge in [0.2, 0.25) is 0 Å². The number of amides is 1. The number of rotatable bonds is 4. The van der Waals surface area contributed by atoms with Gasteiger partial charge in [0.1, 0.15) is 4.88 Å². The van der Waals surface area contributed by atoms with Gasteiger partial charge in [-0.2, -0.15) is 0 Å². The Morgan fingerprint density at radius 1 is 1.50 bits per heavy atom. The molecule has 1 N–H and O–H groups in total. The molecule has 22 heavy (non-hydrogen) atoms. The van der Waals surface area contributed by atoms with Gasteiger partial charge in [-0.3, -0.25) is 9.78 Å². The lowest BCUT2D eigenvalue weighted by molar-refractivity contribution is 0.0737. The normalized spacial score (nSPS) is 17.7. The average molecular weight is 316 g/mol. The van der Waals surface area contributed by atoms with Crippen molar-refractivity contribution < 1.29 is 4.79 Å². The molecule has 0 saturated carbocycles. The van der Waals surface area contributed by atoms with Gasteiger partial charge in [-0.1, -0.05) is 17.4 Å². The molecule has 1 unspecified atom stereocenters. The van der Waals surface area contributed by atoms with Gasteiger partial charge in [-0.15, -0.1) is 0 Å². The Balaban J connectivity index is 1.85. The predicted octanol–water partition coefficient (Wildman–Crippen LogP) is 3.26. The Morgan fingerprint density at radius 3 is 3.09 bits per heavy atom. The molecular formula is C16H20N4OS. The fraction of sp³-hybridized carbons (Fsp3) is 0.438. The first-order valence-corrected chi connectivity index (χ1v) is 8.45. The minimum atomic E-state index is 0.0762. The maximum atomic E-state index is 12.9. The van der Waals surface area contributed by atoms with Gasteiger partial charge in [0.05, 0.1) is 17.4 Å². The molecule has 0 spiro atoms. The minimum Gasteiger partial charge on any atom is -0.362 e. The Kier molecular flexibility index (Phi) is 4.38. The zero-order valence-electron chi connectivity index (χ0n) is 12.9. The molecule has 1 aliphatic rings. The average Bonchev–Trinajstić information content (AvgIpc) is 3.15. The molecule has 116 valence electrons. The zero-order valence-corrected chi connectivity index (χ0v) is 13.7. The van der Waals surface area contributed by atoms with Crippen molar-refractivity contribution in [2.75, 3.05) is 18.4 Å². The van der Waals surface area contributed by atoms with Crippen LogP contribution in [0.4, 0.5) is 5.13 Å². The summed E-state index contributed by atoms with van der Waals surface area (Å²) in [4.78, 5) is 24.4. The second kappa shape index (κ2) is 6.44. The standard InChI is InChI=1S/C16H20N4OS/c1-3-17-16-19-11(2)14(22-16)15(21)20-10-6-8-13(20)12-7-4-5-9-18-12/h4-5,7,9,13H,3,6,8,10H2,1-2H3,(H,17,19). The van der Waals surface area contributed by atoms with Crippen LogP contribution in [0.15, 0.2) is 24.4 Å². The molecule has 6 heteroatoms. The third-order valence-corrected chi connectivity index (χ3v) is 4.96. The summed E-state index contributed by atoms with van der Waals surface area (Å²) in [5.41, 5.74) is 1.78. The van der Waals surface area contributed by atoms with E-state index in [1.54, 1.807) is 6.20 Å². The molecular weight excluding hydrogens is 296 g/mol. The van der Waals surface area contributed by atoms with E-state index >= 15 is 0 Å². The summed E-state index contributed by atoms with van der Waals surface area (Å²) in [7, 11) is 0. The van der Waals surface area contributed by atoms with E-state index in [4.69, 9.17) is 0 Å². The monoisotopic (exact) mass is 316 g/mol. The highest BCUT2D eigenvalue weighted by Crippen LogP contribution is 2.34. The molecule has 1 fully saturated rings. The fourth-order valence-corrected chi connectivity index (χ4v) is 3.83. The van der Waals surface area contributed by atoms with Gasteiger partial charge < -0.3 is 10.2 Å². The summed E-state index contributed by atoms with van der Waals surface area (Å²) < 4.78 is 0. The first-order valence-electron chi connectivity index (χ1n) is 7.64. The number of hydrogen-bond donors (Lipinski definition) is 1. The van der Waals surface area contributed by atoms with Crippen LogP contribution in [0.5, 0.6) is 0 Å². The molecule has 0 aliphatic carbocycles. The maximum absolute atomic E-state index is 12.9. The van der Waals surface area contributed by atoms with Gasteiger partial charge in [0.25, 0.3) is 5.91 Å². The van der Waals surface area contributed by atoms with Crippen molar-refractivity contribution >= 4 is 22.4 Å². The molecule has 1 aliphatic heterocycles. The predicted molar refractivity (Wildman–Crippen MR) is 88.3 cm³/mol. The third-order valence-electron chi connectivity index (χ3n) is 3.86. The third kappa shape index (κ3) is 2.83. The lowest BCUT2D eigenvalue weighted by atomic mass is 10.1. The van der Waals surface area contributed by atoms with Crippen LogP contribution in [0.25, 0.3) is 0 Å². The molecule has 2 aromatic rings. The Labute approximate surface area is 134 Å². The number of thiazole rings is 1. The number of pyridine rings is 1. The van der Waals surface area contributed by atoms with Crippen LogP contribution < -0.4 is 5.32 Å². The molecule has 0 bridgehead atoms. The van der Waals surface area contributed by atoms with Crippen LogP contribution in [-0.4, -0.2) is 33.9 Å². The summed E-state index contributed by atoms with van der Waals surface area (Å²) in [6.07, 6.45) is 3.78. The summed E-state index contributed by atoms with van der Waals surface area (Å²) in [6.45, 7) is 5.51. The van der Waals surface area contributed by atoms with Crippen molar-refractivity contribution in [1.29, 1.82) is 0 Å². The van der Waals surface area contributed by atoms with Crippen molar-refractivity contribution in [2.45, 2.75) is 32.7 Å². The Bertz CT molecular complexity index is 655. The molecule has 1 atom stereocenters. The number of carbonyl (C=O) groups is 1. The van der Waals surface area contributed by atoms with Crippen LogP contribution in [-0.2, 0) is 0 Å². The van der Waals surface area contributed by atoms with E-state index in [1.165, 1.54) is 11.3 Å². The van der Waals surface area contributed by atoms with E-state index in [2.05, 4.69) is 15.3 Å². The molecule has 0 aromatic carbocycles. The van der Waals surface area contributed by atoms with Crippen LogP contribution in [0, 0.1) is 6.92 Å². The number of nitrogens with one attached hydrogen (secondary N) is 1. The second-order valence-corrected chi connectivity index (χ2v) is 6.37. The fourth-order valence-electron chi connectivity index (χ4n) is 2.84. The van der Waals surface area contributed by atoms with E-state index in [-0.39, 0.29) is 11.9 Å². The lowest BCUT2D eigenvalue weighted by Gasteiger charge is -2.23. The summed E-state index contributed by atoms with van der Waals surface area (Å²) in [5.74, 6) is 0.0762. The lowest BCUT2D eigenvalue weighted by Crippen LogP contribution is -2.30. The number of nitrogens with zero attached hydrogens (tertiary/aromatic N) is 3. The Morgan fingerprint density at radius 2 is 2.36 bits per heavy atom. The summed E-state index contributed by atoms with van der Waals surface area (Å²) >= 11 is 1.44. The van der Waals surface area contributed by atoms with Crippen LogP contribution >= 0.6 is 11.3 Å². The SMILES string of the molecule is CCNc1nc(C)c(C(=O)N2CCCC2c2ccccn2)s1. The van der Waals surface area contributed by atoms with Crippen LogP contribution in [0.3, 0.4) is 0 Å². The molecule has 1 amide bonds. The van der Waals surface area contributed by atoms with Gasteiger partial charge >= 0.3 is 0 Å². The van der Waals surface area contributed by atoms with Gasteiger partial charge in [-0.25, -0.2) is 4.98 Å². The quantitative estimate of drug-likeness (QED) is 0.940. The van der Waals surface area contributed by atoms with Crippen LogP contribution in [0.1, 0.15) is 46.9 Å². The highest BCUT2D eigenvalue weighted by molar-refractivity contribution is 7.17. The Hall–Kier alpha value is -1.95. The van der Waals surface area contributed by atoms with E-state index in [0.717, 1.165) is 47.3 Å². The second-order valence-electron chi connectivity index (χ2n) is 5.38. The van der Waals surface area contributed by atoms with E-state index in [9.17, 15) is 4.79 Å². The van der Waals surface area contributed by atoms with E-state index in [0.29, 0.717) is 0 Å². The topological polar surface area (TPSA) is 58.1 Å². The molecule has 3 rings (SSSR count). The number of aryl methyl sites for hydroxylation is 1. The first kappa shape index (κ1) is 15.0. The maximum Gasteiger partial charge on any atom is 0.266 e. The smallest absolute Gasteiger partial charge is 0.266 e. The summed E-state index contributed by atoms with van der Waals surface area (Å²) in [6, 6.07) is 5.96. The number of anilines is 1. The largest absolute Gasteiger partial charge is 0.362 e. The number of aromatic nitrogens is 2. The van der Waals surface area contributed by atoms with E-state index < -0.39 is 0 Å². The number of likely N-dealkylation sites (tertiary alicyclic amines) is 1. The molecule has 1 saturated heterocycles. The summed E-state index contributed by atoms with van der Waals surface area (Å²) in [5, 5.41) is 4.00. The first-order chi connectivity index (χ1) is 10.7. The zero-order chi connectivity index (χ0) is 15.5. The molecule has 5 nitrogen and oxygen atoms in total.